The van der Waals surface area contributed by atoms with Gasteiger partial charge in [-0.1, -0.05) is 49.6 Å². The van der Waals surface area contributed by atoms with Gasteiger partial charge in [-0.05, 0) is 62.3 Å². The smallest absolute Gasteiger partial charge is 0.228 e. The van der Waals surface area contributed by atoms with E-state index in [1.54, 1.807) is 6.20 Å². The topological polar surface area (TPSA) is 62.3 Å². The molecule has 1 aromatic carbocycles. The Morgan fingerprint density at radius 2 is 1.84 bits per heavy atom. The highest BCUT2D eigenvalue weighted by molar-refractivity contribution is 5.86. The molecule has 1 aromatic heterocycles. The molecule has 2 fully saturated rings. The van der Waals surface area contributed by atoms with Crippen LogP contribution in [0.5, 0.6) is 0 Å². The first-order chi connectivity index (χ1) is 15.5. The minimum atomic E-state index is -0.565. The van der Waals surface area contributed by atoms with E-state index in [0.29, 0.717) is 25.9 Å². The van der Waals surface area contributed by atoms with Gasteiger partial charge in [0.25, 0.3) is 0 Å². The van der Waals surface area contributed by atoms with E-state index in [-0.39, 0.29) is 23.8 Å². The van der Waals surface area contributed by atoms with Crippen LogP contribution in [0.25, 0.3) is 11.1 Å². The van der Waals surface area contributed by atoms with Crippen molar-refractivity contribution in [1.29, 1.82) is 0 Å². The molecule has 4 rings (SSSR count). The van der Waals surface area contributed by atoms with E-state index < -0.39 is 5.41 Å². The lowest BCUT2D eigenvalue weighted by atomic mass is 9.79. The first kappa shape index (κ1) is 22.5. The third-order valence-electron chi connectivity index (χ3n) is 7.01. The number of amides is 2. The molecule has 2 aromatic rings. The predicted octanol–water partition coefficient (Wildman–Crippen LogP) is 4.61. The summed E-state index contributed by atoms with van der Waals surface area (Å²) in [7, 11) is 0. The molecule has 5 heteroatoms. The van der Waals surface area contributed by atoms with Crippen LogP contribution >= 0.6 is 0 Å². The molecule has 0 spiro atoms. The summed E-state index contributed by atoms with van der Waals surface area (Å²) in [5.74, 6) is 0.477. The van der Waals surface area contributed by atoms with Gasteiger partial charge in [0.2, 0.25) is 11.8 Å². The number of nitrogens with zero attached hydrogens (tertiary/aromatic N) is 2. The van der Waals surface area contributed by atoms with Gasteiger partial charge in [-0.25, -0.2) is 0 Å². The molecule has 1 aliphatic carbocycles. The van der Waals surface area contributed by atoms with Crippen LogP contribution in [0.1, 0.15) is 57.9 Å². The Kier molecular flexibility index (Phi) is 6.92. The minimum absolute atomic E-state index is 0.0720. The average Bonchev–Trinajstić information content (AvgIpc) is 3.25. The van der Waals surface area contributed by atoms with Crippen LogP contribution in [0.15, 0.2) is 48.8 Å². The van der Waals surface area contributed by atoms with Gasteiger partial charge in [0.05, 0.1) is 5.41 Å². The normalized spacial score (nSPS) is 21.7. The molecule has 1 saturated heterocycles. The lowest BCUT2D eigenvalue weighted by Crippen LogP contribution is -2.47. The zero-order valence-corrected chi connectivity index (χ0v) is 19.3. The van der Waals surface area contributed by atoms with Crippen LogP contribution in [-0.4, -0.2) is 40.8 Å². The molecule has 1 saturated carbocycles. The SMILES string of the molecule is CC(C)NC(=O)C1(Cc2ccc(-c3cccnc3)cc2)CCN(C(=O)C2CCCCC2)C1. The fourth-order valence-corrected chi connectivity index (χ4v) is 5.23. The van der Waals surface area contributed by atoms with Crippen molar-refractivity contribution in [2.24, 2.45) is 11.3 Å². The number of benzene rings is 1. The van der Waals surface area contributed by atoms with Crippen molar-refractivity contribution in [3.8, 4) is 11.1 Å². The minimum Gasteiger partial charge on any atom is -0.353 e. The number of carbonyl (C=O) groups excluding carboxylic acids is 2. The molecule has 1 N–H and O–H groups in total. The number of nitrogens with one attached hydrogen (secondary N) is 1. The Morgan fingerprint density at radius 1 is 1.09 bits per heavy atom. The van der Waals surface area contributed by atoms with Crippen molar-refractivity contribution in [1.82, 2.24) is 15.2 Å². The van der Waals surface area contributed by atoms with E-state index in [9.17, 15) is 9.59 Å². The summed E-state index contributed by atoms with van der Waals surface area (Å²) >= 11 is 0. The van der Waals surface area contributed by atoms with Gasteiger partial charge in [-0.2, -0.15) is 0 Å². The summed E-state index contributed by atoms with van der Waals surface area (Å²) in [6.07, 6.45) is 10.5. The Labute approximate surface area is 191 Å². The number of carbonyl (C=O) groups is 2. The molecule has 5 nitrogen and oxygen atoms in total. The van der Waals surface area contributed by atoms with Gasteiger partial charge >= 0.3 is 0 Å². The molecule has 1 atom stereocenters. The van der Waals surface area contributed by atoms with Crippen molar-refractivity contribution >= 4 is 11.8 Å². The van der Waals surface area contributed by atoms with E-state index in [4.69, 9.17) is 0 Å². The van der Waals surface area contributed by atoms with Gasteiger partial charge in [0.15, 0.2) is 0 Å². The van der Waals surface area contributed by atoms with Crippen LogP contribution in [-0.2, 0) is 16.0 Å². The Morgan fingerprint density at radius 3 is 2.50 bits per heavy atom. The second-order valence-electron chi connectivity index (χ2n) is 9.87. The third-order valence-corrected chi connectivity index (χ3v) is 7.01. The zero-order valence-electron chi connectivity index (χ0n) is 19.3. The van der Waals surface area contributed by atoms with Gasteiger partial charge in [-0.15, -0.1) is 0 Å². The first-order valence-electron chi connectivity index (χ1n) is 12.1. The quantitative estimate of drug-likeness (QED) is 0.723. The monoisotopic (exact) mass is 433 g/mol. The van der Waals surface area contributed by atoms with Gasteiger partial charge in [0.1, 0.15) is 0 Å². The number of rotatable bonds is 6. The first-order valence-corrected chi connectivity index (χ1v) is 12.1. The summed E-state index contributed by atoms with van der Waals surface area (Å²) in [5, 5.41) is 3.14. The summed E-state index contributed by atoms with van der Waals surface area (Å²) in [4.78, 5) is 32.7. The maximum atomic E-state index is 13.4. The molecule has 170 valence electrons. The fraction of sp³-hybridized carbons (Fsp3) is 0.519. The van der Waals surface area contributed by atoms with E-state index in [1.807, 2.05) is 37.1 Å². The Hall–Kier alpha value is -2.69. The second-order valence-corrected chi connectivity index (χ2v) is 9.87. The Bertz CT molecular complexity index is 920. The highest BCUT2D eigenvalue weighted by atomic mass is 16.2. The van der Waals surface area contributed by atoms with E-state index >= 15 is 0 Å². The van der Waals surface area contributed by atoms with Crippen LogP contribution < -0.4 is 5.32 Å². The average molecular weight is 434 g/mol. The van der Waals surface area contributed by atoms with Gasteiger partial charge < -0.3 is 10.2 Å². The van der Waals surface area contributed by atoms with Gasteiger partial charge in [0, 0.05) is 37.4 Å². The van der Waals surface area contributed by atoms with Crippen LogP contribution in [0, 0.1) is 11.3 Å². The molecular formula is C27H35N3O2. The Balaban J connectivity index is 1.52. The number of aromatic nitrogens is 1. The molecule has 32 heavy (non-hydrogen) atoms. The lowest BCUT2D eigenvalue weighted by molar-refractivity contribution is -0.137. The van der Waals surface area contributed by atoms with Crippen LogP contribution in [0.3, 0.4) is 0 Å². The van der Waals surface area contributed by atoms with Crippen molar-refractivity contribution < 1.29 is 9.59 Å². The highest BCUT2D eigenvalue weighted by Gasteiger charge is 2.46. The largest absolute Gasteiger partial charge is 0.353 e. The van der Waals surface area contributed by atoms with E-state index in [2.05, 4.69) is 34.6 Å². The number of pyridine rings is 1. The molecular weight excluding hydrogens is 398 g/mol. The number of likely N-dealkylation sites (tertiary alicyclic amines) is 1. The maximum absolute atomic E-state index is 13.4. The highest BCUT2D eigenvalue weighted by Crippen LogP contribution is 2.37. The summed E-state index contributed by atoms with van der Waals surface area (Å²) in [6, 6.07) is 12.5. The molecule has 0 bridgehead atoms. The fourth-order valence-electron chi connectivity index (χ4n) is 5.23. The van der Waals surface area contributed by atoms with Gasteiger partial charge in [-0.3, -0.25) is 14.6 Å². The van der Waals surface area contributed by atoms with Crippen LogP contribution in [0.2, 0.25) is 0 Å². The number of hydrogen-bond acceptors (Lipinski definition) is 3. The second kappa shape index (κ2) is 9.85. The van der Waals surface area contributed by atoms with Crippen molar-refractivity contribution in [2.45, 2.75) is 64.8 Å². The van der Waals surface area contributed by atoms with E-state index in [0.717, 1.165) is 42.4 Å². The van der Waals surface area contributed by atoms with Crippen molar-refractivity contribution in [3.05, 3.63) is 54.4 Å². The molecule has 2 amide bonds. The van der Waals surface area contributed by atoms with E-state index in [1.165, 1.54) is 6.42 Å². The molecule has 2 aliphatic rings. The van der Waals surface area contributed by atoms with Crippen molar-refractivity contribution in [3.63, 3.8) is 0 Å². The predicted molar refractivity (Wildman–Crippen MR) is 127 cm³/mol. The molecule has 2 heterocycles. The third kappa shape index (κ3) is 5.03. The van der Waals surface area contributed by atoms with Crippen molar-refractivity contribution in [2.75, 3.05) is 13.1 Å². The summed E-state index contributed by atoms with van der Waals surface area (Å²) < 4.78 is 0. The molecule has 0 radical (unpaired) electrons. The standard InChI is InChI=1S/C27H35N3O2/c1-20(2)29-26(32)27(14-16-30(19-27)25(31)23-7-4-3-5-8-23)17-21-10-12-22(13-11-21)24-9-6-15-28-18-24/h6,9-13,15,18,20,23H,3-5,7-8,14,16-17,19H2,1-2H3,(H,29,32). The lowest BCUT2D eigenvalue weighted by Gasteiger charge is -2.31. The van der Waals surface area contributed by atoms with Crippen LogP contribution in [0.4, 0.5) is 0 Å². The number of hydrogen-bond donors (Lipinski definition) is 1. The molecule has 1 unspecified atom stereocenters. The maximum Gasteiger partial charge on any atom is 0.228 e. The zero-order chi connectivity index (χ0) is 22.6. The molecule has 1 aliphatic heterocycles. The summed E-state index contributed by atoms with van der Waals surface area (Å²) in [5.41, 5.74) is 2.76. The summed E-state index contributed by atoms with van der Waals surface area (Å²) in [6.45, 7) is 5.18.